The fraction of sp³-hybridized carbons (Fsp3) is 0.130. The second-order valence-corrected chi connectivity index (χ2v) is 7.15. The molecular formula is C23H18Cl2O4. The van der Waals surface area contributed by atoms with Crippen LogP contribution in [0.2, 0.25) is 10.0 Å². The predicted molar refractivity (Wildman–Crippen MR) is 114 cm³/mol. The van der Waals surface area contributed by atoms with Crippen LogP contribution in [0.15, 0.2) is 72.8 Å². The summed E-state index contributed by atoms with van der Waals surface area (Å²) in [6.45, 7) is 1.15. The largest absolute Gasteiger partial charge is 0.477 e. The van der Waals surface area contributed by atoms with Gasteiger partial charge in [-0.2, -0.15) is 0 Å². The maximum absolute atomic E-state index is 12.3. The van der Waals surface area contributed by atoms with Gasteiger partial charge in [0.15, 0.2) is 18.5 Å². The van der Waals surface area contributed by atoms with E-state index in [2.05, 4.69) is 0 Å². The van der Waals surface area contributed by atoms with Gasteiger partial charge in [-0.05, 0) is 36.2 Å². The van der Waals surface area contributed by atoms with Gasteiger partial charge in [-0.15, -0.1) is 0 Å². The van der Waals surface area contributed by atoms with Crippen LogP contribution in [-0.4, -0.2) is 24.5 Å². The van der Waals surface area contributed by atoms with Crippen LogP contribution >= 0.6 is 23.2 Å². The molecule has 0 amide bonds. The van der Waals surface area contributed by atoms with Gasteiger partial charge in [0.1, 0.15) is 5.75 Å². The highest BCUT2D eigenvalue weighted by atomic mass is 35.5. The minimum Gasteiger partial charge on any atom is -0.477 e. The lowest BCUT2D eigenvalue weighted by atomic mass is 10.0. The molecule has 4 nitrogen and oxygen atoms in total. The fourth-order valence-electron chi connectivity index (χ4n) is 2.63. The van der Waals surface area contributed by atoms with Crippen molar-refractivity contribution in [1.29, 1.82) is 0 Å². The average molecular weight is 429 g/mol. The van der Waals surface area contributed by atoms with Crippen LogP contribution in [-0.2, 0) is 9.53 Å². The maximum atomic E-state index is 12.3. The van der Waals surface area contributed by atoms with E-state index in [0.29, 0.717) is 16.3 Å². The van der Waals surface area contributed by atoms with E-state index in [1.165, 1.54) is 13.0 Å². The number of rotatable bonds is 7. The smallest absolute Gasteiger partial charge is 0.347 e. The quantitative estimate of drug-likeness (QED) is 0.349. The monoisotopic (exact) mass is 428 g/mol. The standard InChI is InChI=1S/C23H18Cl2O4/c1-15(29-22-12-11-19(24)13-20(22)25)23(27)28-14-21(26)18-9-7-17(8-10-18)16-5-3-2-4-6-16/h2-13,15H,14H2,1H3. The number of ketones is 1. The van der Waals surface area contributed by atoms with E-state index in [9.17, 15) is 9.59 Å². The summed E-state index contributed by atoms with van der Waals surface area (Å²) in [4.78, 5) is 24.4. The third kappa shape index (κ3) is 5.59. The second kappa shape index (κ2) is 9.59. The molecule has 3 rings (SSSR count). The Morgan fingerprint density at radius 2 is 1.55 bits per heavy atom. The molecule has 0 fully saturated rings. The summed E-state index contributed by atoms with van der Waals surface area (Å²) < 4.78 is 10.6. The van der Waals surface area contributed by atoms with E-state index >= 15 is 0 Å². The van der Waals surface area contributed by atoms with Gasteiger partial charge in [0, 0.05) is 10.6 Å². The van der Waals surface area contributed by atoms with Gasteiger partial charge >= 0.3 is 5.97 Å². The summed E-state index contributed by atoms with van der Waals surface area (Å²) in [6, 6.07) is 21.7. The van der Waals surface area contributed by atoms with Crippen molar-refractivity contribution < 1.29 is 19.1 Å². The SMILES string of the molecule is CC(Oc1ccc(Cl)cc1Cl)C(=O)OCC(=O)c1ccc(-c2ccccc2)cc1. The molecule has 148 valence electrons. The van der Waals surface area contributed by atoms with E-state index in [0.717, 1.165) is 11.1 Å². The van der Waals surface area contributed by atoms with Gasteiger partial charge in [0.05, 0.1) is 5.02 Å². The van der Waals surface area contributed by atoms with Crippen LogP contribution in [0, 0.1) is 0 Å². The van der Waals surface area contributed by atoms with Crippen LogP contribution in [0.1, 0.15) is 17.3 Å². The van der Waals surface area contributed by atoms with Crippen LogP contribution in [0.5, 0.6) is 5.75 Å². The summed E-state index contributed by atoms with van der Waals surface area (Å²) in [6.07, 6.45) is -0.929. The van der Waals surface area contributed by atoms with Crippen molar-refractivity contribution in [3.8, 4) is 16.9 Å². The summed E-state index contributed by atoms with van der Waals surface area (Å²) in [5, 5.41) is 0.744. The molecule has 0 N–H and O–H groups in total. The Labute approximate surface area is 179 Å². The zero-order chi connectivity index (χ0) is 20.8. The van der Waals surface area contributed by atoms with E-state index < -0.39 is 12.1 Å². The molecule has 0 saturated heterocycles. The highest BCUT2D eigenvalue weighted by Gasteiger charge is 2.19. The molecule has 0 aliphatic rings. The molecule has 1 atom stereocenters. The summed E-state index contributed by atoms with van der Waals surface area (Å²) >= 11 is 11.9. The Morgan fingerprint density at radius 1 is 0.897 bits per heavy atom. The van der Waals surface area contributed by atoms with Crippen molar-refractivity contribution in [3.63, 3.8) is 0 Å². The number of hydrogen-bond donors (Lipinski definition) is 0. The Bertz CT molecular complexity index is 1000. The number of ether oxygens (including phenoxy) is 2. The molecule has 3 aromatic carbocycles. The molecule has 0 aliphatic heterocycles. The zero-order valence-corrected chi connectivity index (χ0v) is 17.1. The Balaban J connectivity index is 1.55. The number of benzene rings is 3. The highest BCUT2D eigenvalue weighted by Crippen LogP contribution is 2.28. The fourth-order valence-corrected chi connectivity index (χ4v) is 3.08. The van der Waals surface area contributed by atoms with Gasteiger partial charge < -0.3 is 9.47 Å². The van der Waals surface area contributed by atoms with Crippen molar-refractivity contribution in [3.05, 3.63) is 88.4 Å². The molecule has 0 saturated carbocycles. The first-order valence-electron chi connectivity index (χ1n) is 8.91. The molecule has 3 aromatic rings. The Morgan fingerprint density at radius 3 is 2.21 bits per heavy atom. The van der Waals surface area contributed by atoms with Crippen LogP contribution in [0.25, 0.3) is 11.1 Å². The number of carbonyl (C=O) groups is 2. The molecule has 0 bridgehead atoms. The van der Waals surface area contributed by atoms with Crippen LogP contribution in [0.4, 0.5) is 0 Å². The lowest BCUT2D eigenvalue weighted by Gasteiger charge is -2.15. The van der Waals surface area contributed by atoms with Crippen LogP contribution in [0.3, 0.4) is 0 Å². The first kappa shape index (κ1) is 20.9. The van der Waals surface area contributed by atoms with E-state index in [-0.39, 0.29) is 17.4 Å². The summed E-state index contributed by atoms with van der Waals surface area (Å²) in [7, 11) is 0. The summed E-state index contributed by atoms with van der Waals surface area (Å²) in [5.74, 6) is -0.650. The van der Waals surface area contributed by atoms with Gasteiger partial charge in [-0.3, -0.25) is 4.79 Å². The lowest BCUT2D eigenvalue weighted by Crippen LogP contribution is -2.28. The predicted octanol–water partition coefficient (Wildman–Crippen LogP) is 5.85. The van der Waals surface area contributed by atoms with Gasteiger partial charge in [0.2, 0.25) is 0 Å². The third-order valence-corrected chi connectivity index (χ3v) is 4.72. The Kier molecular flexibility index (Phi) is 6.91. The average Bonchev–Trinajstić information content (AvgIpc) is 2.74. The number of hydrogen-bond acceptors (Lipinski definition) is 4. The number of Topliss-reactive ketones (excluding diaryl/α,β-unsaturated/α-hetero) is 1. The van der Waals surface area contributed by atoms with E-state index in [1.807, 2.05) is 42.5 Å². The molecule has 0 radical (unpaired) electrons. The normalized spacial score (nSPS) is 11.6. The molecule has 0 spiro atoms. The molecular weight excluding hydrogens is 411 g/mol. The maximum Gasteiger partial charge on any atom is 0.347 e. The Hall–Kier alpha value is -2.82. The first-order chi connectivity index (χ1) is 13.9. The first-order valence-corrected chi connectivity index (χ1v) is 9.66. The minimum absolute atomic E-state index is 0.284. The lowest BCUT2D eigenvalue weighted by molar-refractivity contribution is -0.149. The molecule has 6 heteroatoms. The second-order valence-electron chi connectivity index (χ2n) is 6.31. The molecule has 0 aliphatic carbocycles. The van der Waals surface area contributed by atoms with Crippen molar-refractivity contribution in [1.82, 2.24) is 0 Å². The zero-order valence-electron chi connectivity index (χ0n) is 15.6. The number of carbonyl (C=O) groups excluding carboxylic acids is 2. The highest BCUT2D eigenvalue weighted by molar-refractivity contribution is 6.35. The van der Waals surface area contributed by atoms with Crippen molar-refractivity contribution in [2.45, 2.75) is 13.0 Å². The van der Waals surface area contributed by atoms with Crippen LogP contribution < -0.4 is 4.74 Å². The van der Waals surface area contributed by atoms with Gasteiger partial charge in [-0.1, -0.05) is 77.8 Å². The third-order valence-electron chi connectivity index (χ3n) is 4.19. The van der Waals surface area contributed by atoms with Crippen molar-refractivity contribution in [2.75, 3.05) is 6.61 Å². The molecule has 29 heavy (non-hydrogen) atoms. The molecule has 0 heterocycles. The summed E-state index contributed by atoms with van der Waals surface area (Å²) in [5.41, 5.74) is 2.53. The molecule has 1 unspecified atom stereocenters. The molecule has 0 aromatic heterocycles. The van der Waals surface area contributed by atoms with E-state index in [4.69, 9.17) is 32.7 Å². The number of halogens is 2. The topological polar surface area (TPSA) is 52.6 Å². The van der Waals surface area contributed by atoms with Gasteiger partial charge in [0.25, 0.3) is 0 Å². The van der Waals surface area contributed by atoms with E-state index in [1.54, 1.807) is 24.3 Å². The minimum atomic E-state index is -0.929. The van der Waals surface area contributed by atoms with Gasteiger partial charge in [-0.25, -0.2) is 4.79 Å². The van der Waals surface area contributed by atoms with Crippen molar-refractivity contribution >= 4 is 35.0 Å². The number of esters is 1. The van der Waals surface area contributed by atoms with Crippen molar-refractivity contribution in [2.24, 2.45) is 0 Å².